The van der Waals surface area contributed by atoms with Gasteiger partial charge in [0.1, 0.15) is 0 Å². The number of para-hydroxylation sites is 1. The van der Waals surface area contributed by atoms with Crippen LogP contribution in [0.1, 0.15) is 28.9 Å². The number of hydrogen-bond donors (Lipinski definition) is 2. The van der Waals surface area contributed by atoms with Crippen molar-refractivity contribution in [3.8, 4) is 0 Å². The maximum atomic E-state index is 13.0. The van der Waals surface area contributed by atoms with Crippen molar-refractivity contribution < 1.29 is 13.2 Å². The minimum Gasteiger partial charge on any atom is -0.345 e. The first kappa shape index (κ1) is 21.8. The topological polar surface area (TPSA) is 97.3 Å². The number of nitrogens with zero attached hydrogens (tertiary/aromatic N) is 1. The van der Waals surface area contributed by atoms with Gasteiger partial charge in [0.25, 0.3) is 15.9 Å². The van der Waals surface area contributed by atoms with E-state index in [1.807, 2.05) is 37.3 Å². The van der Waals surface area contributed by atoms with Crippen molar-refractivity contribution in [1.29, 1.82) is 0 Å². The fourth-order valence-corrected chi connectivity index (χ4v) is 5.45. The SMILES string of the molecule is C[C@@H](NC(=O)c1ccccc1NS(=O)(=O)c1ccc2c(c1)sc(=O)n2C)c1ccccc1. The molecule has 32 heavy (non-hydrogen) atoms. The molecule has 0 saturated heterocycles. The van der Waals surface area contributed by atoms with Gasteiger partial charge in [-0.25, -0.2) is 8.42 Å². The second-order valence-electron chi connectivity index (χ2n) is 7.31. The molecule has 1 heterocycles. The number of hydrogen-bond acceptors (Lipinski definition) is 5. The average molecular weight is 468 g/mol. The van der Waals surface area contributed by atoms with Crippen molar-refractivity contribution in [1.82, 2.24) is 9.88 Å². The number of thiazole rings is 1. The molecule has 0 unspecified atom stereocenters. The lowest BCUT2D eigenvalue weighted by Gasteiger charge is -2.17. The summed E-state index contributed by atoms with van der Waals surface area (Å²) in [5.74, 6) is -0.392. The zero-order chi connectivity index (χ0) is 22.9. The number of carbonyl (C=O) groups excluding carboxylic acids is 1. The first-order valence-electron chi connectivity index (χ1n) is 9.83. The summed E-state index contributed by atoms with van der Waals surface area (Å²) in [5.41, 5.74) is 1.98. The van der Waals surface area contributed by atoms with E-state index in [0.717, 1.165) is 16.9 Å². The molecule has 0 radical (unpaired) electrons. The summed E-state index contributed by atoms with van der Waals surface area (Å²) in [4.78, 5) is 24.6. The van der Waals surface area contributed by atoms with Crippen LogP contribution in [0.15, 0.2) is 82.5 Å². The number of sulfonamides is 1. The highest BCUT2D eigenvalue weighted by Gasteiger charge is 2.21. The molecule has 7 nitrogen and oxygen atoms in total. The Morgan fingerprint density at radius 3 is 2.44 bits per heavy atom. The molecule has 0 bridgehead atoms. The number of benzene rings is 3. The Balaban J connectivity index is 1.61. The molecular formula is C23H21N3O4S2. The van der Waals surface area contributed by atoms with Crippen LogP contribution in [0.3, 0.4) is 0 Å². The van der Waals surface area contributed by atoms with Crippen LogP contribution in [0, 0.1) is 0 Å². The number of aromatic nitrogens is 1. The van der Waals surface area contributed by atoms with E-state index in [9.17, 15) is 18.0 Å². The molecule has 4 aromatic rings. The summed E-state index contributed by atoms with van der Waals surface area (Å²) >= 11 is 0.979. The van der Waals surface area contributed by atoms with Crippen LogP contribution in [0.4, 0.5) is 5.69 Å². The highest BCUT2D eigenvalue weighted by atomic mass is 32.2. The summed E-state index contributed by atoms with van der Waals surface area (Å²) in [6.45, 7) is 1.86. The largest absolute Gasteiger partial charge is 0.345 e. The second-order valence-corrected chi connectivity index (χ2v) is 9.99. The first-order chi connectivity index (χ1) is 15.3. The smallest absolute Gasteiger partial charge is 0.307 e. The number of amides is 1. The van der Waals surface area contributed by atoms with Crippen LogP contribution in [0.2, 0.25) is 0 Å². The number of nitrogens with one attached hydrogen (secondary N) is 2. The molecule has 1 amide bonds. The third-order valence-electron chi connectivity index (χ3n) is 5.14. The van der Waals surface area contributed by atoms with Crippen LogP contribution < -0.4 is 14.9 Å². The van der Waals surface area contributed by atoms with Crippen LogP contribution in [0.25, 0.3) is 10.2 Å². The minimum atomic E-state index is -3.98. The van der Waals surface area contributed by atoms with E-state index in [0.29, 0.717) is 10.2 Å². The van der Waals surface area contributed by atoms with Crippen molar-refractivity contribution in [2.45, 2.75) is 17.9 Å². The van der Waals surface area contributed by atoms with E-state index < -0.39 is 15.9 Å². The fraction of sp³-hybridized carbons (Fsp3) is 0.130. The Labute approximate surface area is 189 Å². The lowest BCUT2D eigenvalue weighted by Crippen LogP contribution is -2.28. The monoisotopic (exact) mass is 467 g/mol. The number of aryl methyl sites for hydroxylation is 1. The van der Waals surface area contributed by atoms with Crippen molar-refractivity contribution in [3.05, 3.63) is 93.6 Å². The summed E-state index contributed by atoms with van der Waals surface area (Å²) < 4.78 is 30.6. The highest BCUT2D eigenvalue weighted by Crippen LogP contribution is 2.25. The first-order valence-corrected chi connectivity index (χ1v) is 12.1. The lowest BCUT2D eigenvalue weighted by molar-refractivity contribution is 0.0941. The number of rotatable bonds is 6. The van der Waals surface area contributed by atoms with Crippen LogP contribution in [-0.4, -0.2) is 18.9 Å². The van der Waals surface area contributed by atoms with Crippen molar-refractivity contribution in [2.75, 3.05) is 4.72 Å². The maximum absolute atomic E-state index is 13.0. The van der Waals surface area contributed by atoms with E-state index in [4.69, 9.17) is 0 Å². The third-order valence-corrected chi connectivity index (χ3v) is 7.50. The Kier molecular flexibility index (Phi) is 5.86. The van der Waals surface area contributed by atoms with Crippen LogP contribution in [-0.2, 0) is 17.1 Å². The van der Waals surface area contributed by atoms with Gasteiger partial charge in [-0.2, -0.15) is 0 Å². The summed E-state index contributed by atoms with van der Waals surface area (Å²) in [7, 11) is -2.34. The molecular weight excluding hydrogens is 446 g/mol. The van der Waals surface area contributed by atoms with Gasteiger partial charge < -0.3 is 9.88 Å². The van der Waals surface area contributed by atoms with E-state index >= 15 is 0 Å². The van der Waals surface area contributed by atoms with Gasteiger partial charge >= 0.3 is 4.87 Å². The van der Waals surface area contributed by atoms with E-state index in [1.54, 1.807) is 37.4 Å². The van der Waals surface area contributed by atoms with Crippen molar-refractivity contribution in [2.24, 2.45) is 7.05 Å². The molecule has 0 aliphatic carbocycles. The Morgan fingerprint density at radius 2 is 1.69 bits per heavy atom. The molecule has 164 valence electrons. The molecule has 1 atom stereocenters. The summed E-state index contributed by atoms with van der Waals surface area (Å²) in [6.07, 6.45) is 0. The molecule has 0 saturated carbocycles. The Hall–Kier alpha value is -3.43. The van der Waals surface area contributed by atoms with Gasteiger partial charge in [0.15, 0.2) is 0 Å². The highest BCUT2D eigenvalue weighted by molar-refractivity contribution is 7.92. The zero-order valence-corrected chi connectivity index (χ0v) is 19.0. The average Bonchev–Trinajstić information content (AvgIpc) is 3.07. The van der Waals surface area contributed by atoms with Crippen molar-refractivity contribution in [3.63, 3.8) is 0 Å². The molecule has 1 aromatic heterocycles. The molecule has 0 aliphatic heterocycles. The van der Waals surface area contributed by atoms with Gasteiger partial charge in [0, 0.05) is 7.05 Å². The molecule has 0 fully saturated rings. The van der Waals surface area contributed by atoms with Crippen LogP contribution in [0.5, 0.6) is 0 Å². The van der Waals surface area contributed by atoms with Gasteiger partial charge in [-0.05, 0) is 42.8 Å². The maximum Gasteiger partial charge on any atom is 0.307 e. The normalized spacial score (nSPS) is 12.4. The number of carbonyl (C=O) groups is 1. The molecule has 4 rings (SSSR count). The lowest BCUT2D eigenvalue weighted by atomic mass is 10.1. The molecule has 2 N–H and O–H groups in total. The second kappa shape index (κ2) is 8.60. The Bertz CT molecular complexity index is 1460. The quantitative estimate of drug-likeness (QED) is 0.450. The zero-order valence-electron chi connectivity index (χ0n) is 17.4. The summed E-state index contributed by atoms with van der Waals surface area (Å²) in [6, 6.07) is 20.2. The molecule has 3 aromatic carbocycles. The standard InChI is InChI=1S/C23H21N3O4S2/c1-15(16-8-4-3-5-9-16)24-22(27)18-10-6-7-11-19(18)25-32(29,30)17-12-13-20-21(14-17)31-23(28)26(20)2/h3-15,25H,1-2H3,(H,24,27)/t15-/m1/s1. The van der Waals surface area contributed by atoms with E-state index in [-0.39, 0.29) is 27.1 Å². The molecule has 0 aliphatic rings. The van der Waals surface area contributed by atoms with Gasteiger partial charge in [0.2, 0.25) is 0 Å². The van der Waals surface area contributed by atoms with Gasteiger partial charge in [-0.15, -0.1) is 0 Å². The Morgan fingerprint density at radius 1 is 1.00 bits per heavy atom. The van der Waals surface area contributed by atoms with Gasteiger partial charge in [0.05, 0.1) is 32.4 Å². The number of anilines is 1. The van der Waals surface area contributed by atoms with E-state index in [1.165, 1.54) is 16.7 Å². The van der Waals surface area contributed by atoms with Gasteiger partial charge in [-0.1, -0.05) is 53.8 Å². The van der Waals surface area contributed by atoms with E-state index in [2.05, 4.69) is 10.0 Å². The fourth-order valence-electron chi connectivity index (χ4n) is 3.35. The van der Waals surface area contributed by atoms with Crippen LogP contribution >= 0.6 is 11.3 Å². The summed E-state index contributed by atoms with van der Waals surface area (Å²) in [5, 5.41) is 2.90. The third kappa shape index (κ3) is 4.30. The predicted octanol–water partition coefficient (Wildman–Crippen LogP) is 3.89. The molecule has 0 spiro atoms. The molecule has 9 heteroatoms. The minimum absolute atomic E-state index is 0.0136. The van der Waals surface area contributed by atoms with Gasteiger partial charge in [-0.3, -0.25) is 14.3 Å². The van der Waals surface area contributed by atoms with Crippen molar-refractivity contribution >= 4 is 43.2 Å². The predicted molar refractivity (Wildman–Crippen MR) is 127 cm³/mol. The number of fused-ring (bicyclic) bond motifs is 1.